The molecule has 1 saturated carbocycles. The molecule has 0 heterocycles. The average Bonchev–Trinajstić information content (AvgIpc) is 2.98. The molecule has 3 nitrogen and oxygen atoms in total. The first-order valence-corrected chi connectivity index (χ1v) is 6.71. The van der Waals surface area contributed by atoms with Gasteiger partial charge in [0.15, 0.2) is 0 Å². The van der Waals surface area contributed by atoms with Crippen molar-refractivity contribution in [2.75, 3.05) is 7.11 Å². The van der Waals surface area contributed by atoms with Gasteiger partial charge in [-0.2, -0.15) is 8.78 Å². The maximum atomic E-state index is 13.6. The third-order valence-corrected chi connectivity index (χ3v) is 3.82. The van der Waals surface area contributed by atoms with Gasteiger partial charge in [-0.25, -0.2) is 13.2 Å². The van der Waals surface area contributed by atoms with Gasteiger partial charge in [0.05, 0.1) is 12.0 Å². The summed E-state index contributed by atoms with van der Waals surface area (Å²) in [6, 6.07) is 0. The van der Waals surface area contributed by atoms with E-state index in [1.165, 1.54) is 7.11 Å². The van der Waals surface area contributed by atoms with Crippen LogP contribution in [0.5, 0.6) is 5.75 Å². The van der Waals surface area contributed by atoms with E-state index in [9.17, 15) is 26.7 Å². The van der Waals surface area contributed by atoms with Crippen LogP contribution in [0, 0.1) is 54.3 Å². The van der Waals surface area contributed by atoms with Crippen molar-refractivity contribution >= 4 is 5.97 Å². The molecule has 0 N–H and O–H groups in total. The van der Waals surface area contributed by atoms with Crippen molar-refractivity contribution in [2.24, 2.45) is 11.8 Å². The Morgan fingerprint density at radius 1 is 1.13 bits per heavy atom. The molecular formula is C15H13F5O3. The van der Waals surface area contributed by atoms with Crippen LogP contribution in [-0.4, -0.2) is 19.2 Å². The van der Waals surface area contributed by atoms with Crippen molar-refractivity contribution < 1.29 is 36.2 Å². The second kappa shape index (κ2) is 6.82. The number of esters is 1. The van der Waals surface area contributed by atoms with Crippen LogP contribution in [0.2, 0.25) is 0 Å². The number of carbonyl (C=O) groups excluding carboxylic acids is 1. The zero-order valence-electron chi connectivity index (χ0n) is 12.0. The molecule has 0 amide bonds. The van der Waals surface area contributed by atoms with Crippen LogP contribution in [0.15, 0.2) is 0 Å². The highest BCUT2D eigenvalue weighted by atomic mass is 19.2. The molecule has 1 aromatic carbocycles. The Hall–Kier alpha value is -1.70. The molecule has 2 radical (unpaired) electrons. The van der Waals surface area contributed by atoms with Crippen molar-refractivity contribution in [2.45, 2.75) is 18.9 Å². The molecule has 1 aliphatic carbocycles. The lowest BCUT2D eigenvalue weighted by molar-refractivity contribution is -0.144. The van der Waals surface area contributed by atoms with E-state index in [-0.39, 0.29) is 5.92 Å². The molecule has 126 valence electrons. The second-order valence-electron chi connectivity index (χ2n) is 5.07. The molecule has 1 aromatic rings. The Kier molecular flexibility index (Phi) is 5.23. The highest BCUT2D eigenvalue weighted by molar-refractivity contribution is 5.77. The van der Waals surface area contributed by atoms with E-state index in [0.717, 1.165) is 0 Å². The molecule has 23 heavy (non-hydrogen) atoms. The van der Waals surface area contributed by atoms with E-state index in [4.69, 9.17) is 4.74 Å². The molecule has 0 aromatic heterocycles. The van der Waals surface area contributed by atoms with Crippen LogP contribution >= 0.6 is 0 Å². The lowest BCUT2D eigenvalue weighted by Crippen LogP contribution is -2.33. The lowest BCUT2D eigenvalue weighted by atomic mass is 9.92. The van der Waals surface area contributed by atoms with Crippen molar-refractivity contribution in [3.05, 3.63) is 42.4 Å². The molecule has 1 fully saturated rings. The van der Waals surface area contributed by atoms with Crippen LogP contribution in [0.25, 0.3) is 0 Å². The molecule has 0 saturated heterocycles. The fourth-order valence-electron chi connectivity index (χ4n) is 2.58. The summed E-state index contributed by atoms with van der Waals surface area (Å²) in [6.45, 7) is 3.65. The predicted molar refractivity (Wildman–Crippen MR) is 68.5 cm³/mol. The summed E-state index contributed by atoms with van der Waals surface area (Å²) in [5.41, 5.74) is 0. The first-order valence-electron chi connectivity index (χ1n) is 6.71. The molecule has 1 aliphatic rings. The van der Waals surface area contributed by atoms with Gasteiger partial charge in [-0.3, -0.25) is 4.79 Å². The minimum absolute atomic E-state index is 0.311. The molecule has 0 bridgehead atoms. The minimum Gasteiger partial charge on any atom is -0.420 e. The normalized spacial score (nSPS) is 24.0. The number of methoxy groups -OCH3 is 1. The molecule has 8 heteroatoms. The smallest absolute Gasteiger partial charge is 0.317 e. The molecular weight excluding hydrogens is 323 g/mol. The van der Waals surface area contributed by atoms with Crippen molar-refractivity contribution in [3.8, 4) is 5.75 Å². The van der Waals surface area contributed by atoms with Gasteiger partial charge in [0.2, 0.25) is 34.8 Å². The predicted octanol–water partition coefficient (Wildman–Crippen LogP) is 3.37. The van der Waals surface area contributed by atoms with Crippen LogP contribution < -0.4 is 4.74 Å². The Labute approximate surface area is 129 Å². The Bertz CT molecular complexity index is 579. The fraction of sp³-hybridized carbons (Fsp3) is 0.400. The molecule has 3 atom stereocenters. The summed E-state index contributed by atoms with van der Waals surface area (Å²) in [7, 11) is 1.32. The zero-order valence-corrected chi connectivity index (χ0v) is 12.0. The number of benzene rings is 1. The standard InChI is InChI=1S/C15H13F5O3/c1-3-6-4-5-7(22-2)8(6)15(21)23-14-12(19)10(17)9(16)11(18)13(14)20/h5-8H,1,3-4H2,2H3. The number of ether oxygens (including phenoxy) is 2. The van der Waals surface area contributed by atoms with E-state index < -0.39 is 52.8 Å². The molecule has 3 unspecified atom stereocenters. The van der Waals surface area contributed by atoms with Gasteiger partial charge >= 0.3 is 5.97 Å². The van der Waals surface area contributed by atoms with E-state index >= 15 is 0 Å². The summed E-state index contributed by atoms with van der Waals surface area (Å²) in [5.74, 6) is -15.1. The maximum Gasteiger partial charge on any atom is 0.317 e. The summed E-state index contributed by atoms with van der Waals surface area (Å²) < 4.78 is 75.9. The SMILES string of the molecule is [CH2]CC1C[CH]C(OC)C1C(=O)Oc1c(F)c(F)c(F)c(F)c1F. The highest BCUT2D eigenvalue weighted by Crippen LogP contribution is 2.37. The van der Waals surface area contributed by atoms with E-state index in [1.807, 2.05) is 0 Å². The first-order chi connectivity index (χ1) is 10.8. The minimum atomic E-state index is -2.32. The Morgan fingerprint density at radius 3 is 2.13 bits per heavy atom. The van der Waals surface area contributed by atoms with Gasteiger partial charge < -0.3 is 9.47 Å². The topological polar surface area (TPSA) is 35.5 Å². The largest absolute Gasteiger partial charge is 0.420 e. The van der Waals surface area contributed by atoms with Crippen LogP contribution in [0.3, 0.4) is 0 Å². The van der Waals surface area contributed by atoms with Crippen LogP contribution in [0.1, 0.15) is 12.8 Å². The van der Waals surface area contributed by atoms with Crippen molar-refractivity contribution in [1.29, 1.82) is 0 Å². The van der Waals surface area contributed by atoms with Crippen LogP contribution in [0.4, 0.5) is 22.0 Å². The number of rotatable bonds is 4. The lowest BCUT2D eigenvalue weighted by Gasteiger charge is -2.21. The summed E-state index contributed by atoms with van der Waals surface area (Å²) in [4.78, 5) is 12.1. The fourth-order valence-corrected chi connectivity index (χ4v) is 2.58. The maximum absolute atomic E-state index is 13.6. The Balaban J connectivity index is 2.34. The van der Waals surface area contributed by atoms with Gasteiger partial charge in [-0.15, -0.1) is 0 Å². The van der Waals surface area contributed by atoms with E-state index in [0.29, 0.717) is 12.8 Å². The van der Waals surface area contributed by atoms with Gasteiger partial charge in [-0.1, -0.05) is 6.92 Å². The second-order valence-corrected chi connectivity index (χ2v) is 5.07. The van der Waals surface area contributed by atoms with Gasteiger partial charge in [0.1, 0.15) is 0 Å². The highest BCUT2D eigenvalue weighted by Gasteiger charge is 2.43. The van der Waals surface area contributed by atoms with Crippen molar-refractivity contribution in [1.82, 2.24) is 0 Å². The Morgan fingerprint density at radius 2 is 1.65 bits per heavy atom. The molecule has 2 rings (SSSR count). The first kappa shape index (κ1) is 17.7. The zero-order chi connectivity index (χ0) is 17.3. The van der Waals surface area contributed by atoms with Crippen LogP contribution in [-0.2, 0) is 9.53 Å². The third-order valence-electron chi connectivity index (χ3n) is 3.82. The molecule has 0 aliphatic heterocycles. The summed E-state index contributed by atoms with van der Waals surface area (Å²) in [5, 5.41) is 0. The van der Waals surface area contributed by atoms with E-state index in [2.05, 4.69) is 11.7 Å². The molecule has 0 spiro atoms. The monoisotopic (exact) mass is 336 g/mol. The number of carbonyl (C=O) groups is 1. The third kappa shape index (κ3) is 3.04. The van der Waals surface area contributed by atoms with Crippen molar-refractivity contribution in [3.63, 3.8) is 0 Å². The van der Waals surface area contributed by atoms with Gasteiger partial charge in [0, 0.05) is 7.11 Å². The summed E-state index contributed by atoms with van der Waals surface area (Å²) in [6.07, 6.45) is 1.75. The number of hydrogen-bond acceptors (Lipinski definition) is 3. The number of halogens is 5. The van der Waals surface area contributed by atoms with Gasteiger partial charge in [-0.05, 0) is 25.2 Å². The van der Waals surface area contributed by atoms with E-state index in [1.54, 1.807) is 6.42 Å². The van der Waals surface area contributed by atoms with Gasteiger partial charge in [0.25, 0.3) is 0 Å². The summed E-state index contributed by atoms with van der Waals surface area (Å²) >= 11 is 0. The number of hydrogen-bond donors (Lipinski definition) is 0. The quantitative estimate of drug-likeness (QED) is 0.278. The average molecular weight is 336 g/mol.